The highest BCUT2D eigenvalue weighted by molar-refractivity contribution is 6.36. The Labute approximate surface area is 140 Å². The summed E-state index contributed by atoms with van der Waals surface area (Å²) in [7, 11) is 0. The van der Waals surface area contributed by atoms with E-state index in [1.165, 1.54) is 28.8 Å². The summed E-state index contributed by atoms with van der Waals surface area (Å²) in [4.78, 5) is 27.2. The average Bonchev–Trinajstić information content (AvgIpc) is 2.55. The van der Waals surface area contributed by atoms with Crippen LogP contribution in [0, 0.1) is 28.4 Å². The molecule has 118 valence electrons. The number of hydrogen-bond donors (Lipinski definition) is 0. The maximum absolute atomic E-state index is 12.6. The zero-order valence-electron chi connectivity index (χ0n) is 12.4. The van der Waals surface area contributed by atoms with Gasteiger partial charge in [0.05, 0.1) is 15.6 Å². The first-order valence-corrected chi connectivity index (χ1v) is 7.18. The molecule has 0 radical (unpaired) electrons. The van der Waals surface area contributed by atoms with E-state index in [-0.39, 0.29) is 21.9 Å². The summed E-state index contributed by atoms with van der Waals surface area (Å²) in [5.41, 5.74) is 0.392. The van der Waals surface area contributed by atoms with Gasteiger partial charge >= 0.3 is 0 Å². The molecule has 0 aliphatic heterocycles. The molecule has 7 nitrogen and oxygen atoms in total. The number of rotatable bonds is 2. The number of pyridine rings is 2. The van der Waals surface area contributed by atoms with Crippen molar-refractivity contribution >= 4 is 28.3 Å². The molecule has 3 aromatic rings. The molecule has 1 aromatic carbocycles. The molecule has 24 heavy (non-hydrogen) atoms. The van der Waals surface area contributed by atoms with Crippen LogP contribution >= 0.6 is 11.6 Å². The zero-order valence-corrected chi connectivity index (χ0v) is 13.1. The van der Waals surface area contributed by atoms with E-state index in [2.05, 4.69) is 4.98 Å². The molecule has 0 saturated carbocycles. The predicted octanol–water partition coefficient (Wildman–Crippen LogP) is 3.13. The maximum atomic E-state index is 12.6. The number of nitro benzene ring substituents is 1. The van der Waals surface area contributed by atoms with Crippen molar-refractivity contribution in [3.63, 3.8) is 0 Å². The molecule has 0 aliphatic carbocycles. The fourth-order valence-electron chi connectivity index (χ4n) is 2.38. The quantitative estimate of drug-likeness (QED) is 0.526. The molecule has 0 amide bonds. The first-order valence-electron chi connectivity index (χ1n) is 6.81. The summed E-state index contributed by atoms with van der Waals surface area (Å²) < 4.78 is 1.23. The normalized spacial score (nSPS) is 10.5. The summed E-state index contributed by atoms with van der Waals surface area (Å²) in [6.45, 7) is 1.76. The number of fused-ring (bicyclic) bond motifs is 1. The highest BCUT2D eigenvalue weighted by Gasteiger charge is 2.18. The molecule has 0 atom stereocenters. The Balaban J connectivity index is 2.42. The van der Waals surface area contributed by atoms with Crippen LogP contribution in [0.15, 0.2) is 41.2 Å². The summed E-state index contributed by atoms with van der Waals surface area (Å²) >= 11 is 6.16. The standard InChI is InChI=1S/C16H9ClN4O3/c1-9-2-7-12-14(17)13(8-18)16(22)20(15(12)19-9)10-3-5-11(6-4-10)21(23)24/h2-7H,1H3. The van der Waals surface area contributed by atoms with Gasteiger partial charge in [0, 0.05) is 23.2 Å². The largest absolute Gasteiger partial charge is 0.276 e. The SMILES string of the molecule is Cc1ccc2c(Cl)c(C#N)c(=O)n(-c3ccc([N+](=O)[O-])cc3)c2n1. The molecule has 2 heterocycles. The van der Waals surface area contributed by atoms with Gasteiger partial charge in [-0.3, -0.25) is 19.5 Å². The van der Waals surface area contributed by atoms with Crippen molar-refractivity contribution < 1.29 is 4.92 Å². The Morgan fingerprint density at radius 3 is 2.50 bits per heavy atom. The molecule has 0 fully saturated rings. The van der Waals surface area contributed by atoms with Gasteiger partial charge in [0.25, 0.3) is 11.2 Å². The fraction of sp³-hybridized carbons (Fsp3) is 0.0625. The lowest BCUT2D eigenvalue weighted by Crippen LogP contribution is -2.23. The Morgan fingerprint density at radius 2 is 1.92 bits per heavy atom. The van der Waals surface area contributed by atoms with Gasteiger partial charge in [-0.2, -0.15) is 5.26 Å². The number of nitro groups is 1. The van der Waals surface area contributed by atoms with Crippen molar-refractivity contribution in [1.29, 1.82) is 5.26 Å². The lowest BCUT2D eigenvalue weighted by molar-refractivity contribution is -0.384. The van der Waals surface area contributed by atoms with Gasteiger partial charge in [-0.25, -0.2) is 4.98 Å². The average molecular weight is 341 g/mol. The van der Waals surface area contributed by atoms with E-state index in [1.807, 2.05) is 6.07 Å². The minimum Gasteiger partial charge on any atom is -0.267 e. The molecule has 0 spiro atoms. The molecule has 0 saturated heterocycles. The lowest BCUT2D eigenvalue weighted by atomic mass is 10.2. The molecule has 0 unspecified atom stereocenters. The van der Waals surface area contributed by atoms with Crippen LogP contribution in [0.3, 0.4) is 0 Å². The van der Waals surface area contributed by atoms with Gasteiger partial charge < -0.3 is 0 Å². The summed E-state index contributed by atoms with van der Waals surface area (Å²) in [6.07, 6.45) is 0. The minimum atomic E-state index is -0.623. The smallest absolute Gasteiger partial charge is 0.267 e. The lowest BCUT2D eigenvalue weighted by Gasteiger charge is -2.12. The number of aryl methyl sites for hydroxylation is 1. The second-order valence-electron chi connectivity index (χ2n) is 5.04. The van der Waals surface area contributed by atoms with Crippen LogP contribution in [0.25, 0.3) is 16.7 Å². The van der Waals surface area contributed by atoms with Gasteiger partial charge in [0.2, 0.25) is 0 Å². The van der Waals surface area contributed by atoms with E-state index < -0.39 is 10.5 Å². The van der Waals surface area contributed by atoms with Crippen molar-refractivity contribution in [2.45, 2.75) is 6.92 Å². The molecule has 0 bridgehead atoms. The van der Waals surface area contributed by atoms with Crippen LogP contribution < -0.4 is 5.56 Å². The maximum Gasteiger partial charge on any atom is 0.276 e. The molecule has 2 aromatic heterocycles. The van der Waals surface area contributed by atoms with Crippen LogP contribution in [0.5, 0.6) is 0 Å². The van der Waals surface area contributed by atoms with Crippen molar-refractivity contribution in [2.75, 3.05) is 0 Å². The van der Waals surface area contributed by atoms with Gasteiger partial charge in [-0.15, -0.1) is 0 Å². The Morgan fingerprint density at radius 1 is 1.25 bits per heavy atom. The van der Waals surface area contributed by atoms with Crippen LogP contribution in [-0.2, 0) is 0 Å². The second kappa shape index (κ2) is 5.76. The van der Waals surface area contributed by atoms with E-state index in [9.17, 15) is 20.2 Å². The van der Waals surface area contributed by atoms with E-state index in [4.69, 9.17) is 11.6 Å². The number of non-ortho nitro benzene ring substituents is 1. The number of nitrogens with zero attached hydrogens (tertiary/aromatic N) is 4. The number of nitriles is 1. The zero-order chi connectivity index (χ0) is 17.4. The highest BCUT2D eigenvalue weighted by atomic mass is 35.5. The van der Waals surface area contributed by atoms with Crippen molar-refractivity contribution in [2.24, 2.45) is 0 Å². The van der Waals surface area contributed by atoms with Gasteiger partial charge in [-0.1, -0.05) is 11.6 Å². The predicted molar refractivity (Wildman–Crippen MR) is 88.5 cm³/mol. The van der Waals surface area contributed by atoms with E-state index >= 15 is 0 Å². The second-order valence-corrected chi connectivity index (χ2v) is 5.42. The van der Waals surface area contributed by atoms with Crippen LogP contribution in [-0.4, -0.2) is 14.5 Å². The Kier molecular flexibility index (Phi) is 3.75. The number of aromatic nitrogens is 2. The third-order valence-electron chi connectivity index (χ3n) is 3.53. The van der Waals surface area contributed by atoms with Crippen LogP contribution in [0.1, 0.15) is 11.3 Å². The van der Waals surface area contributed by atoms with Gasteiger partial charge in [0.1, 0.15) is 17.3 Å². The highest BCUT2D eigenvalue weighted by Crippen LogP contribution is 2.26. The summed E-state index contributed by atoms with van der Waals surface area (Å²) in [5.74, 6) is 0. The molecule has 0 N–H and O–H groups in total. The van der Waals surface area contributed by atoms with Crippen LogP contribution in [0.4, 0.5) is 5.69 Å². The number of halogens is 1. The summed E-state index contributed by atoms with van der Waals surface area (Å²) in [6, 6.07) is 10.6. The number of benzene rings is 1. The third kappa shape index (κ3) is 2.39. The third-order valence-corrected chi connectivity index (χ3v) is 3.92. The van der Waals surface area contributed by atoms with E-state index in [0.29, 0.717) is 16.8 Å². The van der Waals surface area contributed by atoms with E-state index in [1.54, 1.807) is 19.1 Å². The summed E-state index contributed by atoms with van der Waals surface area (Å²) in [5, 5.41) is 20.5. The molecule has 0 aliphatic rings. The first kappa shape index (κ1) is 15.6. The van der Waals surface area contributed by atoms with Crippen molar-refractivity contribution in [3.8, 4) is 11.8 Å². The number of hydrogen-bond acceptors (Lipinski definition) is 5. The van der Waals surface area contributed by atoms with Gasteiger partial charge in [-0.05, 0) is 31.2 Å². The van der Waals surface area contributed by atoms with Crippen LogP contribution in [0.2, 0.25) is 5.02 Å². The molecular formula is C16H9ClN4O3. The minimum absolute atomic E-state index is 0.0446. The van der Waals surface area contributed by atoms with Crippen molar-refractivity contribution in [3.05, 3.63) is 73.1 Å². The fourth-order valence-corrected chi connectivity index (χ4v) is 2.65. The van der Waals surface area contributed by atoms with Gasteiger partial charge in [0.15, 0.2) is 0 Å². The van der Waals surface area contributed by atoms with Crippen molar-refractivity contribution in [1.82, 2.24) is 9.55 Å². The Hall–Kier alpha value is -3.24. The monoisotopic (exact) mass is 340 g/mol. The topological polar surface area (TPSA) is 102 Å². The first-order chi connectivity index (χ1) is 11.4. The molecular weight excluding hydrogens is 332 g/mol. The Bertz CT molecular complexity index is 1080. The molecule has 3 rings (SSSR count). The molecule has 8 heteroatoms. The van der Waals surface area contributed by atoms with E-state index in [0.717, 1.165) is 0 Å².